The topological polar surface area (TPSA) is 36.4 Å². The lowest BCUT2D eigenvalue weighted by Crippen LogP contribution is -2.31. The molecule has 2 rings (SSSR count). The van der Waals surface area contributed by atoms with Crippen molar-refractivity contribution in [2.24, 2.45) is 5.10 Å². The SMILES string of the molecule is Fc1ccc(CNC(=S)N/N=C\c2ccc(F)cc2F)cc1. The van der Waals surface area contributed by atoms with Crippen LogP contribution in [0.15, 0.2) is 47.6 Å². The van der Waals surface area contributed by atoms with Crippen LogP contribution in [-0.2, 0) is 6.54 Å². The normalized spacial score (nSPS) is 10.7. The molecule has 0 aliphatic rings. The third-order valence-electron chi connectivity index (χ3n) is 2.70. The minimum atomic E-state index is -0.712. The Morgan fingerprint density at radius 3 is 2.41 bits per heavy atom. The summed E-state index contributed by atoms with van der Waals surface area (Å²) in [6.45, 7) is 0.395. The molecule has 0 heterocycles. The van der Waals surface area contributed by atoms with Crippen molar-refractivity contribution in [2.75, 3.05) is 0 Å². The summed E-state index contributed by atoms with van der Waals surface area (Å²) in [5, 5.41) is 6.84. The monoisotopic (exact) mass is 323 g/mol. The quantitative estimate of drug-likeness (QED) is 0.516. The average Bonchev–Trinajstić information content (AvgIpc) is 2.49. The fraction of sp³-hybridized carbons (Fsp3) is 0.0667. The Bertz CT molecular complexity index is 687. The van der Waals surface area contributed by atoms with Crippen LogP contribution in [0.1, 0.15) is 11.1 Å². The van der Waals surface area contributed by atoms with E-state index in [0.29, 0.717) is 6.54 Å². The van der Waals surface area contributed by atoms with Gasteiger partial charge in [-0.2, -0.15) is 5.10 Å². The summed E-state index contributed by atoms with van der Waals surface area (Å²) in [6.07, 6.45) is 1.20. The molecule has 0 amide bonds. The Balaban J connectivity index is 1.82. The lowest BCUT2D eigenvalue weighted by molar-refractivity contribution is 0.582. The number of nitrogens with one attached hydrogen (secondary N) is 2. The zero-order chi connectivity index (χ0) is 15.9. The van der Waals surface area contributed by atoms with E-state index < -0.39 is 11.6 Å². The largest absolute Gasteiger partial charge is 0.357 e. The first-order valence-electron chi connectivity index (χ1n) is 6.31. The van der Waals surface area contributed by atoms with Crippen LogP contribution in [0.2, 0.25) is 0 Å². The summed E-state index contributed by atoms with van der Waals surface area (Å²) < 4.78 is 38.8. The highest BCUT2D eigenvalue weighted by molar-refractivity contribution is 7.80. The second-order valence-corrected chi connectivity index (χ2v) is 4.75. The molecule has 0 aliphatic heterocycles. The third-order valence-corrected chi connectivity index (χ3v) is 2.93. The van der Waals surface area contributed by atoms with Gasteiger partial charge in [0, 0.05) is 18.2 Å². The highest BCUT2D eigenvalue weighted by Gasteiger charge is 2.01. The maximum Gasteiger partial charge on any atom is 0.187 e. The van der Waals surface area contributed by atoms with Crippen LogP contribution < -0.4 is 10.7 Å². The predicted octanol–water partition coefficient (Wildman–Crippen LogP) is 3.10. The summed E-state index contributed by atoms with van der Waals surface area (Å²) in [4.78, 5) is 0. The molecule has 0 spiro atoms. The number of hydrogen-bond acceptors (Lipinski definition) is 2. The van der Waals surface area contributed by atoms with Gasteiger partial charge < -0.3 is 5.32 Å². The Hall–Kier alpha value is -2.41. The lowest BCUT2D eigenvalue weighted by Gasteiger charge is -2.07. The molecule has 2 aromatic rings. The van der Waals surface area contributed by atoms with Gasteiger partial charge in [0.15, 0.2) is 5.11 Å². The second-order valence-electron chi connectivity index (χ2n) is 4.34. The Morgan fingerprint density at radius 1 is 1.05 bits per heavy atom. The number of thiocarbonyl (C=S) groups is 1. The van der Waals surface area contributed by atoms with Crippen LogP contribution in [0.4, 0.5) is 13.2 Å². The van der Waals surface area contributed by atoms with Crippen molar-refractivity contribution in [3.63, 3.8) is 0 Å². The first-order valence-corrected chi connectivity index (χ1v) is 6.72. The molecule has 2 N–H and O–H groups in total. The number of nitrogens with zero attached hydrogens (tertiary/aromatic N) is 1. The molecule has 0 saturated heterocycles. The first kappa shape index (κ1) is 16.0. The van der Waals surface area contributed by atoms with Crippen LogP contribution in [0.3, 0.4) is 0 Å². The van der Waals surface area contributed by atoms with Gasteiger partial charge in [-0.1, -0.05) is 12.1 Å². The van der Waals surface area contributed by atoms with E-state index in [2.05, 4.69) is 15.8 Å². The van der Waals surface area contributed by atoms with E-state index >= 15 is 0 Å². The molecule has 22 heavy (non-hydrogen) atoms. The van der Waals surface area contributed by atoms with Gasteiger partial charge in [0.2, 0.25) is 0 Å². The predicted molar refractivity (Wildman–Crippen MR) is 82.9 cm³/mol. The van der Waals surface area contributed by atoms with Gasteiger partial charge in [0.25, 0.3) is 0 Å². The van der Waals surface area contributed by atoms with E-state index in [-0.39, 0.29) is 16.5 Å². The molecule has 0 bridgehead atoms. The van der Waals surface area contributed by atoms with Crippen LogP contribution in [0.25, 0.3) is 0 Å². The van der Waals surface area contributed by atoms with Crippen molar-refractivity contribution in [1.29, 1.82) is 0 Å². The highest BCUT2D eigenvalue weighted by atomic mass is 32.1. The van der Waals surface area contributed by atoms with Gasteiger partial charge in [0.1, 0.15) is 17.5 Å². The van der Waals surface area contributed by atoms with Crippen molar-refractivity contribution >= 4 is 23.5 Å². The summed E-state index contributed by atoms with van der Waals surface area (Å²) >= 11 is 4.98. The number of hydrazone groups is 1. The summed E-state index contributed by atoms with van der Waals surface area (Å²) in [6, 6.07) is 9.13. The summed E-state index contributed by atoms with van der Waals surface area (Å²) in [5.74, 6) is -1.68. The third kappa shape index (κ3) is 4.85. The van der Waals surface area contributed by atoms with Gasteiger partial charge >= 0.3 is 0 Å². The maximum atomic E-state index is 13.3. The molecule has 0 aliphatic carbocycles. The van der Waals surface area contributed by atoms with E-state index in [9.17, 15) is 13.2 Å². The molecular weight excluding hydrogens is 311 g/mol. The van der Waals surface area contributed by atoms with Crippen molar-refractivity contribution in [3.05, 3.63) is 71.0 Å². The Labute approximate surface area is 130 Å². The van der Waals surface area contributed by atoms with Crippen LogP contribution in [0.5, 0.6) is 0 Å². The molecule has 3 nitrogen and oxygen atoms in total. The molecular formula is C15H12F3N3S. The molecule has 0 atom stereocenters. The van der Waals surface area contributed by atoms with Gasteiger partial charge in [-0.05, 0) is 42.0 Å². The smallest absolute Gasteiger partial charge is 0.187 e. The molecule has 0 fully saturated rings. The van der Waals surface area contributed by atoms with E-state index in [0.717, 1.165) is 17.7 Å². The number of hydrogen-bond donors (Lipinski definition) is 2. The van der Waals surface area contributed by atoms with Crippen LogP contribution >= 0.6 is 12.2 Å². The van der Waals surface area contributed by atoms with Crippen LogP contribution in [-0.4, -0.2) is 11.3 Å². The van der Waals surface area contributed by atoms with E-state index in [1.165, 1.54) is 24.4 Å². The highest BCUT2D eigenvalue weighted by Crippen LogP contribution is 2.06. The van der Waals surface area contributed by atoms with Gasteiger partial charge in [0.05, 0.1) is 6.21 Å². The van der Waals surface area contributed by atoms with Crippen molar-refractivity contribution in [1.82, 2.24) is 10.7 Å². The standard InChI is InChI=1S/C15H12F3N3S/c16-12-4-1-10(2-5-12)8-19-15(22)21-20-9-11-3-6-13(17)7-14(11)18/h1-7,9H,8H2,(H2,19,21,22)/b20-9-. The minimum Gasteiger partial charge on any atom is -0.357 e. The first-order chi connectivity index (χ1) is 10.5. The summed E-state index contributed by atoms with van der Waals surface area (Å²) in [5.41, 5.74) is 3.49. The average molecular weight is 323 g/mol. The molecule has 7 heteroatoms. The maximum absolute atomic E-state index is 13.3. The zero-order valence-corrected chi connectivity index (χ0v) is 12.1. The zero-order valence-electron chi connectivity index (χ0n) is 11.3. The number of benzene rings is 2. The van der Waals surface area contributed by atoms with Gasteiger partial charge in [-0.25, -0.2) is 13.2 Å². The molecule has 2 aromatic carbocycles. The van der Waals surface area contributed by atoms with Crippen LogP contribution in [0, 0.1) is 17.5 Å². The summed E-state index contributed by atoms with van der Waals surface area (Å²) in [7, 11) is 0. The molecule has 0 radical (unpaired) electrons. The van der Waals surface area contributed by atoms with Gasteiger partial charge in [-0.3, -0.25) is 5.43 Å². The van der Waals surface area contributed by atoms with E-state index in [1.54, 1.807) is 12.1 Å². The number of halogens is 3. The fourth-order valence-corrected chi connectivity index (χ4v) is 1.72. The van der Waals surface area contributed by atoms with Crippen molar-refractivity contribution < 1.29 is 13.2 Å². The Morgan fingerprint density at radius 2 is 1.73 bits per heavy atom. The van der Waals surface area contributed by atoms with Gasteiger partial charge in [-0.15, -0.1) is 0 Å². The second kappa shape index (κ2) is 7.56. The Kier molecular flexibility index (Phi) is 5.48. The van der Waals surface area contributed by atoms with E-state index in [4.69, 9.17) is 12.2 Å². The van der Waals surface area contributed by atoms with Crippen molar-refractivity contribution in [2.45, 2.75) is 6.54 Å². The molecule has 114 valence electrons. The number of rotatable bonds is 4. The lowest BCUT2D eigenvalue weighted by atomic mass is 10.2. The van der Waals surface area contributed by atoms with Crippen molar-refractivity contribution in [3.8, 4) is 0 Å². The molecule has 0 unspecified atom stereocenters. The van der Waals surface area contributed by atoms with E-state index in [1.807, 2.05) is 0 Å². The molecule has 0 saturated carbocycles. The minimum absolute atomic E-state index is 0.134. The molecule has 0 aromatic heterocycles. The fourth-order valence-electron chi connectivity index (χ4n) is 1.59.